The van der Waals surface area contributed by atoms with Crippen molar-refractivity contribution in [2.24, 2.45) is 0 Å². The molecule has 2 rings (SSSR count). The molecule has 0 saturated carbocycles. The van der Waals surface area contributed by atoms with E-state index in [1.807, 2.05) is 12.4 Å². The highest BCUT2D eigenvalue weighted by molar-refractivity contribution is 5.38. The van der Waals surface area contributed by atoms with E-state index in [2.05, 4.69) is 48.9 Å². The number of nitrogens with one attached hydrogen (secondary N) is 1. The molecular weight excluding hydrogens is 208 g/mol. The highest BCUT2D eigenvalue weighted by Crippen LogP contribution is 2.26. The molecule has 1 aromatic heterocycles. The molecule has 1 aromatic carbocycles. The number of aromatic amines is 1. The van der Waals surface area contributed by atoms with E-state index in [0.29, 0.717) is 5.92 Å². The number of H-pyrrole nitrogens is 1. The van der Waals surface area contributed by atoms with Crippen molar-refractivity contribution in [3.8, 4) is 0 Å². The van der Waals surface area contributed by atoms with Crippen LogP contribution in [0.25, 0.3) is 0 Å². The molecule has 0 aliphatic rings. The number of hydrogen-bond acceptors (Lipinski definition) is 1. The molecule has 0 unspecified atom stereocenters. The maximum absolute atomic E-state index is 4.35. The molecule has 90 valence electrons. The largest absolute Gasteiger partial charge is 0.348 e. The normalized spacial score (nSPS) is 12.6. The van der Waals surface area contributed by atoms with Crippen molar-refractivity contribution in [1.82, 2.24) is 9.97 Å². The van der Waals surface area contributed by atoms with E-state index in [9.17, 15) is 0 Å². The van der Waals surface area contributed by atoms with E-state index in [-0.39, 0.29) is 0 Å². The molecule has 0 radical (unpaired) electrons. The molecule has 2 nitrogen and oxygen atoms in total. The Labute approximate surface area is 103 Å². The first-order chi connectivity index (χ1) is 8.24. The molecule has 2 heteroatoms. The minimum atomic E-state index is 0.335. The molecule has 0 bridgehead atoms. The van der Waals surface area contributed by atoms with Gasteiger partial charge in [-0.05, 0) is 30.0 Å². The number of aromatic nitrogens is 2. The SMILES string of the molecule is CCCc1cccc([C@@H](C)c2ncc[nH]2)c1C. The van der Waals surface area contributed by atoms with Gasteiger partial charge in [0, 0.05) is 18.3 Å². The Bertz CT molecular complexity index is 472. The van der Waals surface area contributed by atoms with Crippen LogP contribution in [0.1, 0.15) is 48.7 Å². The Hall–Kier alpha value is -1.57. The van der Waals surface area contributed by atoms with Gasteiger partial charge in [-0.15, -0.1) is 0 Å². The van der Waals surface area contributed by atoms with Crippen molar-refractivity contribution in [2.45, 2.75) is 39.5 Å². The van der Waals surface area contributed by atoms with Crippen LogP contribution < -0.4 is 0 Å². The molecular formula is C15H20N2. The lowest BCUT2D eigenvalue weighted by Gasteiger charge is -2.15. The summed E-state index contributed by atoms with van der Waals surface area (Å²) in [5.41, 5.74) is 4.26. The third-order valence-corrected chi connectivity index (χ3v) is 3.40. The first-order valence-corrected chi connectivity index (χ1v) is 6.31. The van der Waals surface area contributed by atoms with Gasteiger partial charge in [0.05, 0.1) is 0 Å². The smallest absolute Gasteiger partial charge is 0.113 e. The van der Waals surface area contributed by atoms with Gasteiger partial charge in [0.15, 0.2) is 0 Å². The summed E-state index contributed by atoms with van der Waals surface area (Å²) < 4.78 is 0. The zero-order valence-corrected chi connectivity index (χ0v) is 10.8. The van der Waals surface area contributed by atoms with Crippen molar-refractivity contribution in [1.29, 1.82) is 0 Å². The number of benzene rings is 1. The van der Waals surface area contributed by atoms with Crippen LogP contribution in [-0.2, 0) is 6.42 Å². The van der Waals surface area contributed by atoms with Crippen molar-refractivity contribution in [2.75, 3.05) is 0 Å². The first kappa shape index (κ1) is 11.9. The summed E-state index contributed by atoms with van der Waals surface area (Å²) in [4.78, 5) is 7.56. The van der Waals surface area contributed by atoms with Gasteiger partial charge in [0.25, 0.3) is 0 Å². The summed E-state index contributed by atoms with van der Waals surface area (Å²) in [5, 5.41) is 0. The zero-order valence-electron chi connectivity index (χ0n) is 10.8. The van der Waals surface area contributed by atoms with Gasteiger partial charge in [0.2, 0.25) is 0 Å². The second-order valence-electron chi connectivity index (χ2n) is 4.58. The van der Waals surface area contributed by atoms with Crippen LogP contribution in [0.15, 0.2) is 30.6 Å². The van der Waals surface area contributed by atoms with Crippen molar-refractivity contribution >= 4 is 0 Å². The van der Waals surface area contributed by atoms with E-state index in [0.717, 1.165) is 12.2 Å². The molecule has 0 saturated heterocycles. The molecule has 1 heterocycles. The second kappa shape index (κ2) is 5.17. The van der Waals surface area contributed by atoms with Crippen molar-refractivity contribution < 1.29 is 0 Å². The summed E-state index contributed by atoms with van der Waals surface area (Å²) in [6.45, 7) is 6.65. The number of nitrogens with zero attached hydrogens (tertiary/aromatic N) is 1. The van der Waals surface area contributed by atoms with Crippen molar-refractivity contribution in [3.63, 3.8) is 0 Å². The van der Waals surface area contributed by atoms with Gasteiger partial charge in [0.1, 0.15) is 5.82 Å². The van der Waals surface area contributed by atoms with Gasteiger partial charge < -0.3 is 4.98 Å². The fraction of sp³-hybridized carbons (Fsp3) is 0.400. The van der Waals surface area contributed by atoms with E-state index in [1.165, 1.54) is 23.1 Å². The summed E-state index contributed by atoms with van der Waals surface area (Å²) in [5.74, 6) is 1.38. The van der Waals surface area contributed by atoms with Crippen LogP contribution in [0.2, 0.25) is 0 Å². The van der Waals surface area contributed by atoms with Gasteiger partial charge in [-0.1, -0.05) is 38.5 Å². The Kier molecular flexibility index (Phi) is 3.62. The molecule has 0 fully saturated rings. The Balaban J connectivity index is 2.35. The average Bonchev–Trinajstić information content (AvgIpc) is 2.85. The Morgan fingerprint density at radius 3 is 2.82 bits per heavy atom. The van der Waals surface area contributed by atoms with Crippen LogP contribution >= 0.6 is 0 Å². The fourth-order valence-electron chi connectivity index (χ4n) is 2.37. The molecule has 2 aromatic rings. The van der Waals surface area contributed by atoms with Crippen LogP contribution in [0, 0.1) is 6.92 Å². The summed E-state index contributed by atoms with van der Waals surface area (Å²) in [6, 6.07) is 6.60. The molecule has 17 heavy (non-hydrogen) atoms. The Morgan fingerprint density at radius 2 is 2.18 bits per heavy atom. The molecule has 1 atom stereocenters. The lowest BCUT2D eigenvalue weighted by Crippen LogP contribution is -2.03. The monoisotopic (exact) mass is 228 g/mol. The number of rotatable bonds is 4. The maximum Gasteiger partial charge on any atom is 0.113 e. The fourth-order valence-corrected chi connectivity index (χ4v) is 2.37. The summed E-state index contributed by atoms with van der Waals surface area (Å²) in [7, 11) is 0. The molecule has 0 aliphatic carbocycles. The van der Waals surface area contributed by atoms with Crippen LogP contribution in [0.3, 0.4) is 0 Å². The second-order valence-corrected chi connectivity index (χ2v) is 4.58. The molecule has 0 aliphatic heterocycles. The zero-order chi connectivity index (χ0) is 12.3. The highest BCUT2D eigenvalue weighted by atomic mass is 14.9. The third kappa shape index (κ3) is 2.41. The summed E-state index contributed by atoms with van der Waals surface area (Å²) in [6.07, 6.45) is 6.05. The van der Waals surface area contributed by atoms with E-state index >= 15 is 0 Å². The lowest BCUT2D eigenvalue weighted by atomic mass is 9.91. The maximum atomic E-state index is 4.35. The minimum absolute atomic E-state index is 0.335. The minimum Gasteiger partial charge on any atom is -0.348 e. The predicted molar refractivity (Wildman–Crippen MR) is 71.3 cm³/mol. The summed E-state index contributed by atoms with van der Waals surface area (Å²) >= 11 is 0. The number of hydrogen-bond donors (Lipinski definition) is 1. The Morgan fingerprint density at radius 1 is 1.35 bits per heavy atom. The third-order valence-electron chi connectivity index (χ3n) is 3.40. The molecule has 0 spiro atoms. The number of aryl methyl sites for hydroxylation is 1. The van der Waals surface area contributed by atoms with Crippen molar-refractivity contribution in [3.05, 3.63) is 53.1 Å². The van der Waals surface area contributed by atoms with Gasteiger partial charge >= 0.3 is 0 Å². The standard InChI is InChI=1S/C15H20N2/c1-4-6-13-7-5-8-14(11(13)2)12(3)15-16-9-10-17-15/h5,7-10,12H,4,6H2,1-3H3,(H,16,17)/t12-/m1/s1. The van der Waals surface area contributed by atoms with Gasteiger partial charge in [-0.2, -0.15) is 0 Å². The average molecular weight is 228 g/mol. The van der Waals surface area contributed by atoms with Crippen LogP contribution in [0.5, 0.6) is 0 Å². The molecule has 1 N–H and O–H groups in total. The van der Waals surface area contributed by atoms with Gasteiger partial charge in [-0.3, -0.25) is 0 Å². The van der Waals surface area contributed by atoms with E-state index < -0.39 is 0 Å². The van der Waals surface area contributed by atoms with Crippen LogP contribution in [0.4, 0.5) is 0 Å². The quantitative estimate of drug-likeness (QED) is 0.846. The topological polar surface area (TPSA) is 28.7 Å². The van der Waals surface area contributed by atoms with Crippen LogP contribution in [-0.4, -0.2) is 9.97 Å². The number of imidazole rings is 1. The predicted octanol–water partition coefficient (Wildman–Crippen LogP) is 3.82. The van der Waals surface area contributed by atoms with E-state index in [1.54, 1.807) is 0 Å². The van der Waals surface area contributed by atoms with Gasteiger partial charge in [-0.25, -0.2) is 4.98 Å². The van der Waals surface area contributed by atoms with E-state index in [4.69, 9.17) is 0 Å². The lowest BCUT2D eigenvalue weighted by molar-refractivity contribution is 0.821. The molecule has 0 amide bonds. The first-order valence-electron chi connectivity index (χ1n) is 6.31. The highest BCUT2D eigenvalue weighted by Gasteiger charge is 2.14.